The topological polar surface area (TPSA) is 57.6 Å². The molecule has 2 unspecified atom stereocenters. The molecule has 0 bridgehead atoms. The number of nitrogens with zero attached hydrogens (tertiary/aromatic N) is 1. The molecule has 0 radical (unpaired) electrons. The summed E-state index contributed by atoms with van der Waals surface area (Å²) in [6, 6.07) is 0. The SMILES string of the molecule is O=C(O)C1CCN(C(=O)C2CC2C2CCCCC2)CC1. The standard InChI is InChI=1S/C16H25NO3/c18-15(17-8-6-12(7-9-17)16(19)20)14-10-13(14)11-4-2-1-3-5-11/h11-14H,1-10H2,(H,19,20). The van der Waals surface area contributed by atoms with Gasteiger partial charge in [0.15, 0.2) is 0 Å². The highest BCUT2D eigenvalue weighted by Crippen LogP contribution is 2.50. The second kappa shape index (κ2) is 5.74. The fourth-order valence-corrected chi connectivity index (χ4v) is 4.16. The third-order valence-corrected chi connectivity index (χ3v) is 5.57. The highest BCUT2D eigenvalue weighted by Gasteiger charge is 2.49. The summed E-state index contributed by atoms with van der Waals surface area (Å²) in [5, 5.41) is 8.99. The van der Waals surface area contributed by atoms with Gasteiger partial charge in [-0.15, -0.1) is 0 Å². The van der Waals surface area contributed by atoms with Gasteiger partial charge in [0.1, 0.15) is 0 Å². The van der Waals surface area contributed by atoms with Gasteiger partial charge in [-0.2, -0.15) is 0 Å². The van der Waals surface area contributed by atoms with Crippen molar-refractivity contribution in [1.82, 2.24) is 4.90 Å². The number of carboxylic acid groups (broad SMARTS) is 1. The molecule has 3 fully saturated rings. The van der Waals surface area contributed by atoms with E-state index in [4.69, 9.17) is 5.11 Å². The van der Waals surface area contributed by atoms with E-state index in [0.717, 1.165) is 12.3 Å². The Labute approximate surface area is 120 Å². The van der Waals surface area contributed by atoms with Crippen LogP contribution in [0.5, 0.6) is 0 Å². The van der Waals surface area contributed by atoms with Crippen LogP contribution in [0.25, 0.3) is 0 Å². The Kier molecular flexibility index (Phi) is 3.99. The van der Waals surface area contributed by atoms with E-state index < -0.39 is 5.97 Å². The number of aliphatic carboxylic acids is 1. The third-order valence-electron chi connectivity index (χ3n) is 5.57. The molecule has 0 aromatic carbocycles. The maximum Gasteiger partial charge on any atom is 0.306 e. The number of hydrogen-bond donors (Lipinski definition) is 1. The van der Waals surface area contributed by atoms with Crippen LogP contribution in [0.2, 0.25) is 0 Å². The maximum atomic E-state index is 12.5. The van der Waals surface area contributed by atoms with Gasteiger partial charge in [0, 0.05) is 19.0 Å². The molecule has 3 aliphatic rings. The number of carbonyl (C=O) groups is 2. The monoisotopic (exact) mass is 279 g/mol. The molecule has 4 nitrogen and oxygen atoms in total. The minimum atomic E-state index is -0.705. The van der Waals surface area contributed by atoms with Crippen LogP contribution in [-0.2, 0) is 9.59 Å². The van der Waals surface area contributed by atoms with Crippen LogP contribution in [0, 0.1) is 23.7 Å². The predicted molar refractivity (Wildman–Crippen MR) is 75.1 cm³/mol. The lowest BCUT2D eigenvalue weighted by atomic mass is 9.85. The van der Waals surface area contributed by atoms with Gasteiger partial charge >= 0.3 is 5.97 Å². The van der Waals surface area contributed by atoms with Gasteiger partial charge < -0.3 is 10.0 Å². The molecule has 1 saturated heterocycles. The number of carbonyl (C=O) groups excluding carboxylic acids is 1. The molecule has 2 aliphatic carbocycles. The van der Waals surface area contributed by atoms with Gasteiger partial charge in [-0.25, -0.2) is 0 Å². The van der Waals surface area contributed by atoms with Crippen LogP contribution in [0.3, 0.4) is 0 Å². The van der Waals surface area contributed by atoms with Crippen LogP contribution in [-0.4, -0.2) is 35.0 Å². The van der Waals surface area contributed by atoms with Gasteiger partial charge in [-0.1, -0.05) is 32.1 Å². The Balaban J connectivity index is 1.47. The number of rotatable bonds is 3. The highest BCUT2D eigenvalue weighted by molar-refractivity contribution is 5.82. The molecule has 3 rings (SSSR count). The van der Waals surface area contributed by atoms with E-state index >= 15 is 0 Å². The molecule has 1 aliphatic heterocycles. The summed E-state index contributed by atoms with van der Waals surface area (Å²) in [6.07, 6.45) is 9.01. The summed E-state index contributed by atoms with van der Waals surface area (Å²) in [7, 11) is 0. The van der Waals surface area contributed by atoms with Gasteiger partial charge in [0.05, 0.1) is 5.92 Å². The lowest BCUT2D eigenvalue weighted by Crippen LogP contribution is -2.41. The van der Waals surface area contributed by atoms with E-state index in [9.17, 15) is 9.59 Å². The molecule has 0 spiro atoms. The van der Waals surface area contributed by atoms with Crippen molar-refractivity contribution in [2.75, 3.05) is 13.1 Å². The van der Waals surface area contributed by atoms with Gasteiger partial charge in [-0.05, 0) is 31.1 Å². The maximum absolute atomic E-state index is 12.5. The molecule has 4 heteroatoms. The fraction of sp³-hybridized carbons (Fsp3) is 0.875. The van der Waals surface area contributed by atoms with Gasteiger partial charge in [0.25, 0.3) is 0 Å². The summed E-state index contributed by atoms with van der Waals surface area (Å²) in [5.41, 5.74) is 0. The lowest BCUT2D eigenvalue weighted by Gasteiger charge is -2.31. The van der Waals surface area contributed by atoms with Gasteiger partial charge in [0.2, 0.25) is 5.91 Å². The molecule has 112 valence electrons. The summed E-state index contributed by atoms with van der Waals surface area (Å²) in [5.74, 6) is 1.05. The Morgan fingerprint density at radius 2 is 1.60 bits per heavy atom. The van der Waals surface area contributed by atoms with Crippen LogP contribution >= 0.6 is 0 Å². The first-order chi connectivity index (χ1) is 9.66. The molecular weight excluding hydrogens is 254 g/mol. The zero-order chi connectivity index (χ0) is 14.1. The Morgan fingerprint density at radius 3 is 2.20 bits per heavy atom. The van der Waals surface area contributed by atoms with Crippen molar-refractivity contribution < 1.29 is 14.7 Å². The van der Waals surface area contributed by atoms with Crippen LogP contribution in [0.1, 0.15) is 51.4 Å². The fourth-order valence-electron chi connectivity index (χ4n) is 4.16. The van der Waals surface area contributed by atoms with Crippen LogP contribution < -0.4 is 0 Å². The number of carboxylic acids is 1. The van der Waals surface area contributed by atoms with Crippen molar-refractivity contribution in [3.63, 3.8) is 0 Å². The van der Waals surface area contributed by atoms with Crippen molar-refractivity contribution in [1.29, 1.82) is 0 Å². The van der Waals surface area contributed by atoms with Crippen molar-refractivity contribution >= 4 is 11.9 Å². The van der Waals surface area contributed by atoms with E-state index in [1.54, 1.807) is 0 Å². The summed E-state index contributed by atoms with van der Waals surface area (Å²) < 4.78 is 0. The molecule has 1 heterocycles. The first-order valence-corrected chi connectivity index (χ1v) is 8.18. The molecule has 0 aromatic rings. The Hall–Kier alpha value is -1.06. The van der Waals surface area contributed by atoms with Crippen molar-refractivity contribution in [2.45, 2.75) is 51.4 Å². The normalized spacial score (nSPS) is 32.1. The predicted octanol–water partition coefficient (Wildman–Crippen LogP) is 2.53. The molecule has 20 heavy (non-hydrogen) atoms. The average Bonchev–Trinajstić information content (AvgIpc) is 3.28. The van der Waals surface area contributed by atoms with Gasteiger partial charge in [-0.3, -0.25) is 9.59 Å². The lowest BCUT2D eigenvalue weighted by molar-refractivity contribution is -0.146. The third kappa shape index (κ3) is 2.84. The molecule has 1 N–H and O–H groups in total. The Morgan fingerprint density at radius 1 is 0.950 bits per heavy atom. The van der Waals surface area contributed by atoms with E-state index in [-0.39, 0.29) is 11.8 Å². The first-order valence-electron chi connectivity index (χ1n) is 8.18. The average molecular weight is 279 g/mol. The van der Waals surface area contributed by atoms with Crippen molar-refractivity contribution in [3.8, 4) is 0 Å². The minimum absolute atomic E-state index is 0.243. The quantitative estimate of drug-likeness (QED) is 0.863. The minimum Gasteiger partial charge on any atom is -0.481 e. The number of hydrogen-bond acceptors (Lipinski definition) is 2. The molecule has 1 amide bonds. The second-order valence-corrected chi connectivity index (χ2v) is 6.84. The van der Waals surface area contributed by atoms with Crippen LogP contribution in [0.15, 0.2) is 0 Å². The molecule has 2 saturated carbocycles. The number of piperidine rings is 1. The second-order valence-electron chi connectivity index (χ2n) is 6.84. The molecule has 2 atom stereocenters. The first kappa shape index (κ1) is 13.9. The van der Waals surface area contributed by atoms with E-state index in [1.165, 1.54) is 32.1 Å². The highest BCUT2D eigenvalue weighted by atomic mass is 16.4. The Bertz CT molecular complexity index is 381. The van der Waals surface area contributed by atoms with Crippen molar-refractivity contribution in [3.05, 3.63) is 0 Å². The largest absolute Gasteiger partial charge is 0.481 e. The molecular formula is C16H25NO3. The zero-order valence-corrected chi connectivity index (χ0v) is 12.1. The van der Waals surface area contributed by atoms with Crippen LogP contribution in [0.4, 0.5) is 0 Å². The number of likely N-dealkylation sites (tertiary alicyclic amines) is 1. The number of amides is 1. The smallest absolute Gasteiger partial charge is 0.306 e. The van der Waals surface area contributed by atoms with E-state index in [2.05, 4.69) is 0 Å². The summed E-state index contributed by atoms with van der Waals surface area (Å²) in [4.78, 5) is 25.3. The van der Waals surface area contributed by atoms with E-state index in [1.807, 2.05) is 4.90 Å². The molecule has 0 aromatic heterocycles. The summed E-state index contributed by atoms with van der Waals surface area (Å²) >= 11 is 0. The van der Waals surface area contributed by atoms with E-state index in [0.29, 0.717) is 37.8 Å². The van der Waals surface area contributed by atoms with Crippen molar-refractivity contribution in [2.24, 2.45) is 23.7 Å². The zero-order valence-electron chi connectivity index (χ0n) is 12.1. The summed E-state index contributed by atoms with van der Waals surface area (Å²) in [6.45, 7) is 1.29.